The third-order valence-corrected chi connectivity index (χ3v) is 13.3. The summed E-state index contributed by atoms with van der Waals surface area (Å²) < 4.78 is 38.2. The van der Waals surface area contributed by atoms with Crippen LogP contribution in [-0.2, 0) is 31.9 Å². The van der Waals surface area contributed by atoms with Gasteiger partial charge in [0.1, 0.15) is 11.6 Å². The SMILES string of the molecule is [2H]C([2H])([2H])c1cc(-c2cc(C(C)C)cc(C([2H])(C)C)c2)ccc1-n1c(-c2cc(C(C)C)cc(C(C)C)c2O)nc2c(-c3[c-]c(-c4cc(-c5ccc(C(C)(C)C)cc5)ccn4)cc(C(C)(C)C)c3)cccc21.[Pt]. The van der Waals surface area contributed by atoms with Crippen molar-refractivity contribution in [2.75, 3.05) is 0 Å². The minimum atomic E-state index is -2.55. The Morgan fingerprint density at radius 2 is 1.24 bits per heavy atom. The van der Waals surface area contributed by atoms with Gasteiger partial charge in [0.2, 0.25) is 0 Å². The Balaban J connectivity index is 0.00000760. The quantitative estimate of drug-likeness (QED) is 0.139. The molecular formula is C63H70N3OPt-. The Bertz CT molecular complexity index is 3290. The average Bonchev–Trinajstić information content (AvgIpc) is 3.69. The van der Waals surface area contributed by atoms with Crippen molar-refractivity contribution in [1.82, 2.24) is 14.5 Å². The standard InChI is InChI=1S/C63H70N3O.Pt/c1-37(2)45-28-46(38(3)4)30-48(29-45)43-21-24-57(41(9)27-43)66-58-18-16-17-53(59(58)65-61(66)55-35-47(39(5)6)34-54(40(7)8)60(55)67)49-31-50(33-52(32-49)63(13,14)15)56-36-44(25-26-64-56)42-19-22-51(23-20-42)62(10,11)12;/h16-30,32-40,67H,1-15H3;/q-1;/i9D3,37D;. The van der Waals surface area contributed by atoms with Gasteiger partial charge < -0.3 is 5.11 Å². The van der Waals surface area contributed by atoms with Gasteiger partial charge >= 0.3 is 0 Å². The number of aromatic hydroxyl groups is 1. The van der Waals surface area contributed by atoms with Crippen molar-refractivity contribution in [3.63, 3.8) is 0 Å². The van der Waals surface area contributed by atoms with Crippen molar-refractivity contribution < 1.29 is 31.7 Å². The maximum atomic E-state index is 12.3. The van der Waals surface area contributed by atoms with E-state index in [9.17, 15) is 5.11 Å². The minimum Gasteiger partial charge on any atom is -0.507 e. The second-order valence-corrected chi connectivity index (χ2v) is 21.7. The minimum absolute atomic E-state index is 0. The van der Waals surface area contributed by atoms with Crippen molar-refractivity contribution in [2.24, 2.45) is 0 Å². The molecule has 354 valence electrons. The molecule has 0 saturated carbocycles. The molecule has 0 aliphatic rings. The molecule has 68 heavy (non-hydrogen) atoms. The number of benzene rings is 6. The molecule has 0 radical (unpaired) electrons. The van der Waals surface area contributed by atoms with E-state index in [1.165, 1.54) is 5.56 Å². The van der Waals surface area contributed by atoms with Crippen molar-refractivity contribution in [3.8, 4) is 67.5 Å². The number of phenols is 1. The topological polar surface area (TPSA) is 50.9 Å². The van der Waals surface area contributed by atoms with E-state index < -0.39 is 12.7 Å². The normalized spacial score (nSPS) is 13.4. The molecule has 0 unspecified atom stereocenters. The van der Waals surface area contributed by atoms with Crippen LogP contribution < -0.4 is 0 Å². The van der Waals surface area contributed by atoms with Gasteiger partial charge in [-0.15, -0.1) is 29.3 Å². The number of aromatic nitrogens is 3. The number of rotatable bonds is 10. The van der Waals surface area contributed by atoms with E-state index in [1.807, 2.05) is 67.1 Å². The number of hydrogen-bond acceptors (Lipinski definition) is 3. The van der Waals surface area contributed by atoms with Crippen LogP contribution in [0.1, 0.15) is 165 Å². The first-order valence-corrected chi connectivity index (χ1v) is 23.9. The Hall–Kier alpha value is -5.57. The predicted molar refractivity (Wildman–Crippen MR) is 285 cm³/mol. The molecule has 5 heteroatoms. The molecule has 2 heterocycles. The van der Waals surface area contributed by atoms with Crippen molar-refractivity contribution >= 4 is 11.0 Å². The van der Waals surface area contributed by atoms with Gasteiger partial charge in [0, 0.05) is 38.4 Å². The summed E-state index contributed by atoms with van der Waals surface area (Å²) in [6.07, 6.45) is 1.86. The largest absolute Gasteiger partial charge is 0.507 e. The molecule has 6 aromatic carbocycles. The molecule has 0 atom stereocenters. The molecule has 1 N–H and O–H groups in total. The molecule has 0 aliphatic heterocycles. The first kappa shape index (κ1) is 44.9. The number of pyridine rings is 1. The van der Waals surface area contributed by atoms with E-state index >= 15 is 0 Å². The molecule has 0 spiro atoms. The summed E-state index contributed by atoms with van der Waals surface area (Å²) in [5.41, 5.74) is 15.5. The third kappa shape index (κ3) is 10.1. The zero-order valence-corrected chi connectivity index (χ0v) is 44.7. The Morgan fingerprint density at radius 3 is 1.87 bits per heavy atom. The summed E-state index contributed by atoms with van der Waals surface area (Å²) in [6, 6.07) is 43.0. The molecule has 8 aromatic rings. The van der Waals surface area contributed by atoms with E-state index in [0.29, 0.717) is 28.1 Å². The van der Waals surface area contributed by atoms with Crippen LogP contribution in [0.15, 0.2) is 121 Å². The average molecular weight is 1080 g/mol. The summed E-state index contributed by atoms with van der Waals surface area (Å²) >= 11 is 0. The van der Waals surface area contributed by atoms with E-state index in [4.69, 9.17) is 15.5 Å². The van der Waals surface area contributed by atoms with Crippen molar-refractivity contribution in [1.29, 1.82) is 0 Å². The molecular weight excluding hydrogens is 1010 g/mol. The Morgan fingerprint density at radius 1 is 0.603 bits per heavy atom. The van der Waals surface area contributed by atoms with Crippen molar-refractivity contribution in [2.45, 2.75) is 138 Å². The van der Waals surface area contributed by atoms with Crippen LogP contribution in [0.25, 0.3) is 72.7 Å². The van der Waals surface area contributed by atoms with Crippen LogP contribution in [0.3, 0.4) is 0 Å². The number of para-hydroxylation sites is 1. The maximum Gasteiger partial charge on any atom is 0.148 e. The Kier molecular flexibility index (Phi) is 12.8. The molecule has 0 amide bonds. The van der Waals surface area contributed by atoms with Crippen LogP contribution in [0.5, 0.6) is 5.75 Å². The fraction of sp³-hybridized carbons (Fsp3) is 0.333. The maximum absolute atomic E-state index is 12.3. The van der Waals surface area contributed by atoms with Crippen LogP contribution >= 0.6 is 0 Å². The molecule has 0 saturated heterocycles. The van der Waals surface area contributed by atoms with Gasteiger partial charge in [0.15, 0.2) is 0 Å². The molecule has 2 aromatic heterocycles. The van der Waals surface area contributed by atoms with Crippen molar-refractivity contribution in [3.05, 3.63) is 166 Å². The van der Waals surface area contributed by atoms with Gasteiger partial charge in [0.05, 0.1) is 22.3 Å². The van der Waals surface area contributed by atoms with E-state index in [1.54, 1.807) is 6.07 Å². The Labute approximate surface area is 427 Å². The van der Waals surface area contributed by atoms with E-state index in [0.717, 1.165) is 72.5 Å². The zero-order chi connectivity index (χ0) is 51.7. The summed E-state index contributed by atoms with van der Waals surface area (Å²) in [4.78, 5) is 10.4. The summed E-state index contributed by atoms with van der Waals surface area (Å²) in [6.45, 7) is 27.2. The number of aryl methyl sites for hydroxylation is 1. The molecule has 4 nitrogen and oxygen atoms in total. The molecule has 0 bridgehead atoms. The number of nitrogens with zero attached hydrogens (tertiary/aromatic N) is 3. The molecule has 0 fully saturated rings. The van der Waals surface area contributed by atoms with E-state index in [2.05, 4.69) is 156 Å². The number of hydrogen-bond donors (Lipinski definition) is 1. The number of phenolic OH excluding ortho intramolecular Hbond substituents is 1. The second-order valence-electron chi connectivity index (χ2n) is 21.7. The monoisotopic (exact) mass is 1080 g/mol. The number of imidazole rings is 1. The first-order chi connectivity index (χ1) is 33.1. The van der Waals surface area contributed by atoms with Gasteiger partial charge in [-0.1, -0.05) is 181 Å². The zero-order valence-electron chi connectivity index (χ0n) is 46.4. The van der Waals surface area contributed by atoms with E-state index in [-0.39, 0.29) is 61.0 Å². The summed E-state index contributed by atoms with van der Waals surface area (Å²) in [7, 11) is 0. The van der Waals surface area contributed by atoms with Crippen LogP contribution in [0, 0.1) is 12.9 Å². The fourth-order valence-corrected chi connectivity index (χ4v) is 8.92. The van der Waals surface area contributed by atoms with Crippen LogP contribution in [0.2, 0.25) is 0 Å². The summed E-state index contributed by atoms with van der Waals surface area (Å²) in [5, 5.41) is 12.3. The van der Waals surface area contributed by atoms with Gasteiger partial charge in [-0.3, -0.25) is 9.55 Å². The van der Waals surface area contributed by atoms with Crippen LogP contribution in [-0.4, -0.2) is 19.6 Å². The molecule has 8 rings (SSSR count). The molecule has 0 aliphatic carbocycles. The predicted octanol–water partition coefficient (Wildman–Crippen LogP) is 17.7. The summed E-state index contributed by atoms with van der Waals surface area (Å²) in [5.74, 6) is 0.0361. The smallest absolute Gasteiger partial charge is 0.148 e. The first-order valence-electron chi connectivity index (χ1n) is 25.9. The van der Waals surface area contributed by atoms with Gasteiger partial charge in [-0.2, -0.15) is 0 Å². The second kappa shape index (κ2) is 19.4. The van der Waals surface area contributed by atoms with Gasteiger partial charge in [-0.05, 0) is 127 Å². The number of fused-ring (bicyclic) bond motifs is 1. The van der Waals surface area contributed by atoms with Gasteiger partial charge in [-0.25, -0.2) is 4.98 Å². The van der Waals surface area contributed by atoms with Crippen LogP contribution in [0.4, 0.5) is 0 Å². The third-order valence-electron chi connectivity index (χ3n) is 13.3. The van der Waals surface area contributed by atoms with Gasteiger partial charge in [0.25, 0.3) is 0 Å². The fourth-order valence-electron chi connectivity index (χ4n) is 8.92.